The third-order valence-corrected chi connectivity index (χ3v) is 7.62. The van der Waals surface area contributed by atoms with E-state index in [4.69, 9.17) is 0 Å². The van der Waals surface area contributed by atoms with Crippen molar-refractivity contribution in [1.82, 2.24) is 0 Å². The van der Waals surface area contributed by atoms with Gasteiger partial charge in [-0.25, -0.2) is 4.90 Å². The van der Waals surface area contributed by atoms with Gasteiger partial charge in [-0.05, 0) is 61.9 Å². The average molecular weight is 521 g/mol. The SMILES string of the molecule is CC/C(=C\c1cccc(O)c1)CC[C@@H](O)C1=C(C)C[C@H]2C(=O)N(c3cccc([N+](=O)[O-])c3)C(=O)[C@H]2[C@H]1CO. The zero-order chi connectivity index (χ0) is 27.6. The molecule has 4 rings (SSSR count). The van der Waals surface area contributed by atoms with Crippen LogP contribution in [0.5, 0.6) is 5.75 Å². The Hall–Kier alpha value is -3.82. The Bertz CT molecular complexity index is 1320. The van der Waals surface area contributed by atoms with Gasteiger partial charge in [0, 0.05) is 18.1 Å². The van der Waals surface area contributed by atoms with Crippen molar-refractivity contribution in [1.29, 1.82) is 0 Å². The summed E-state index contributed by atoms with van der Waals surface area (Å²) in [6, 6.07) is 12.3. The van der Waals surface area contributed by atoms with Gasteiger partial charge in [-0.2, -0.15) is 0 Å². The molecule has 4 atom stereocenters. The van der Waals surface area contributed by atoms with Crippen molar-refractivity contribution in [3.63, 3.8) is 0 Å². The zero-order valence-electron chi connectivity index (χ0n) is 21.4. The van der Waals surface area contributed by atoms with Crippen molar-refractivity contribution in [2.24, 2.45) is 17.8 Å². The van der Waals surface area contributed by atoms with Crippen LogP contribution in [0.15, 0.2) is 65.3 Å². The molecule has 1 saturated heterocycles. The van der Waals surface area contributed by atoms with Gasteiger partial charge in [0.05, 0.1) is 35.2 Å². The Morgan fingerprint density at radius 1 is 1.18 bits per heavy atom. The van der Waals surface area contributed by atoms with E-state index in [0.29, 0.717) is 18.4 Å². The zero-order valence-corrected chi connectivity index (χ0v) is 21.4. The first kappa shape index (κ1) is 27.2. The van der Waals surface area contributed by atoms with Crippen LogP contribution in [0, 0.1) is 27.9 Å². The number of aliphatic hydroxyl groups excluding tert-OH is 2. The van der Waals surface area contributed by atoms with E-state index in [2.05, 4.69) is 0 Å². The normalized spacial score (nSPS) is 22.6. The summed E-state index contributed by atoms with van der Waals surface area (Å²) < 4.78 is 0. The third-order valence-electron chi connectivity index (χ3n) is 7.62. The second kappa shape index (κ2) is 11.3. The highest BCUT2D eigenvalue weighted by Crippen LogP contribution is 2.47. The molecule has 1 heterocycles. The quantitative estimate of drug-likeness (QED) is 0.193. The van der Waals surface area contributed by atoms with Crippen molar-refractivity contribution in [3.05, 3.63) is 80.9 Å². The molecule has 0 saturated carbocycles. The highest BCUT2D eigenvalue weighted by molar-refractivity contribution is 6.22. The number of imide groups is 1. The number of nitro groups is 1. The highest BCUT2D eigenvalue weighted by atomic mass is 16.6. The largest absolute Gasteiger partial charge is 0.508 e. The van der Waals surface area contributed by atoms with Gasteiger partial charge < -0.3 is 15.3 Å². The predicted molar refractivity (Wildman–Crippen MR) is 142 cm³/mol. The van der Waals surface area contributed by atoms with Crippen LogP contribution in [-0.2, 0) is 9.59 Å². The summed E-state index contributed by atoms with van der Waals surface area (Å²) in [4.78, 5) is 38.4. The summed E-state index contributed by atoms with van der Waals surface area (Å²) in [5.74, 6) is -3.08. The molecule has 2 aromatic carbocycles. The van der Waals surface area contributed by atoms with Crippen LogP contribution in [0.25, 0.3) is 6.08 Å². The number of amides is 2. The number of aliphatic hydroxyl groups is 2. The molecular formula is C29H32N2O7. The molecule has 0 unspecified atom stereocenters. The maximum atomic E-state index is 13.5. The minimum atomic E-state index is -0.915. The molecule has 1 fully saturated rings. The van der Waals surface area contributed by atoms with E-state index in [1.807, 2.05) is 26.0 Å². The highest BCUT2D eigenvalue weighted by Gasteiger charge is 2.55. The minimum absolute atomic E-state index is 0.129. The molecule has 1 aliphatic carbocycles. The summed E-state index contributed by atoms with van der Waals surface area (Å²) >= 11 is 0. The molecule has 0 aromatic heterocycles. The van der Waals surface area contributed by atoms with Gasteiger partial charge in [0.1, 0.15) is 5.75 Å². The lowest BCUT2D eigenvalue weighted by Gasteiger charge is -2.35. The van der Waals surface area contributed by atoms with Gasteiger partial charge in [0.2, 0.25) is 11.8 Å². The molecule has 38 heavy (non-hydrogen) atoms. The summed E-state index contributed by atoms with van der Waals surface area (Å²) in [5, 5.41) is 42.5. The van der Waals surface area contributed by atoms with Crippen molar-refractivity contribution in [3.8, 4) is 5.75 Å². The van der Waals surface area contributed by atoms with E-state index < -0.39 is 47.2 Å². The number of rotatable bonds is 9. The molecule has 3 N–H and O–H groups in total. The fourth-order valence-corrected chi connectivity index (χ4v) is 5.80. The summed E-state index contributed by atoms with van der Waals surface area (Å²) in [7, 11) is 0. The predicted octanol–water partition coefficient (Wildman–Crippen LogP) is 4.37. The second-order valence-corrected chi connectivity index (χ2v) is 9.96. The Labute approximate surface area is 220 Å². The summed E-state index contributed by atoms with van der Waals surface area (Å²) in [6.07, 6.45) is 3.02. The molecule has 2 amide bonds. The lowest BCUT2D eigenvalue weighted by Crippen LogP contribution is -2.38. The van der Waals surface area contributed by atoms with Crippen LogP contribution in [-0.4, -0.2) is 44.8 Å². The topological polar surface area (TPSA) is 141 Å². The maximum absolute atomic E-state index is 13.5. The molecule has 9 heteroatoms. The van der Waals surface area contributed by atoms with Crippen molar-refractivity contribution < 1.29 is 29.8 Å². The lowest BCUT2D eigenvalue weighted by molar-refractivity contribution is -0.384. The number of fused-ring (bicyclic) bond motifs is 1. The number of nitrogens with zero attached hydrogens (tertiary/aromatic N) is 2. The number of non-ortho nitro benzene ring substituents is 1. The molecule has 200 valence electrons. The number of carbonyl (C=O) groups excluding carboxylic acids is 2. The fraction of sp³-hybridized carbons (Fsp3) is 0.379. The molecule has 0 radical (unpaired) electrons. The van der Waals surface area contributed by atoms with Crippen LogP contribution in [0.3, 0.4) is 0 Å². The first-order valence-electron chi connectivity index (χ1n) is 12.7. The molecular weight excluding hydrogens is 488 g/mol. The number of phenols is 1. The molecule has 2 aromatic rings. The Kier molecular flexibility index (Phi) is 8.08. The first-order chi connectivity index (χ1) is 18.2. The first-order valence-corrected chi connectivity index (χ1v) is 12.7. The number of anilines is 1. The number of nitro benzene ring substituents is 1. The number of phenolic OH excluding ortho intramolecular Hbond substituents is 1. The third kappa shape index (κ3) is 5.25. The fourth-order valence-electron chi connectivity index (χ4n) is 5.80. The van der Waals surface area contributed by atoms with E-state index in [0.717, 1.165) is 28.0 Å². The number of allylic oxidation sites excluding steroid dienone is 2. The lowest BCUT2D eigenvalue weighted by atomic mass is 9.68. The Balaban J connectivity index is 1.56. The molecule has 9 nitrogen and oxygen atoms in total. The molecule has 0 bridgehead atoms. The van der Waals surface area contributed by atoms with Crippen molar-refractivity contribution >= 4 is 29.3 Å². The smallest absolute Gasteiger partial charge is 0.271 e. The van der Waals surface area contributed by atoms with Gasteiger partial charge in [-0.15, -0.1) is 0 Å². The average Bonchev–Trinajstić information content (AvgIpc) is 3.14. The Morgan fingerprint density at radius 3 is 2.58 bits per heavy atom. The van der Waals surface area contributed by atoms with Gasteiger partial charge in [0.15, 0.2) is 0 Å². The Morgan fingerprint density at radius 2 is 1.92 bits per heavy atom. The van der Waals surface area contributed by atoms with E-state index >= 15 is 0 Å². The van der Waals surface area contributed by atoms with Crippen molar-refractivity contribution in [2.45, 2.75) is 45.6 Å². The molecule has 0 spiro atoms. The number of hydrogen-bond donors (Lipinski definition) is 3. The van der Waals surface area contributed by atoms with Crippen LogP contribution >= 0.6 is 0 Å². The summed E-state index contributed by atoms with van der Waals surface area (Å²) in [5.41, 5.74) is 3.19. The number of hydrogen-bond acceptors (Lipinski definition) is 7. The van der Waals surface area contributed by atoms with E-state index in [-0.39, 0.29) is 23.5 Å². The monoisotopic (exact) mass is 520 g/mol. The van der Waals surface area contributed by atoms with E-state index in [1.165, 1.54) is 24.3 Å². The molecule has 1 aliphatic heterocycles. The van der Waals surface area contributed by atoms with E-state index in [1.54, 1.807) is 18.2 Å². The van der Waals surface area contributed by atoms with Crippen LogP contribution in [0.2, 0.25) is 0 Å². The minimum Gasteiger partial charge on any atom is -0.508 e. The van der Waals surface area contributed by atoms with E-state index in [9.17, 15) is 35.0 Å². The van der Waals surface area contributed by atoms with Crippen LogP contribution in [0.4, 0.5) is 11.4 Å². The summed E-state index contributed by atoms with van der Waals surface area (Å²) in [6.45, 7) is 3.42. The van der Waals surface area contributed by atoms with Gasteiger partial charge >= 0.3 is 0 Å². The maximum Gasteiger partial charge on any atom is 0.271 e. The molecule has 2 aliphatic rings. The number of carbonyl (C=O) groups is 2. The van der Waals surface area contributed by atoms with Gasteiger partial charge in [-0.3, -0.25) is 19.7 Å². The standard InChI is InChI=1S/C29H32N2O7/c1-3-18(13-19-6-4-9-22(33)14-19)10-11-25(34)26-17(2)12-23-27(24(26)16-32)29(36)30(28(23)35)20-7-5-8-21(15-20)31(37)38/h4-9,13-15,23-25,27,32-34H,3,10-12,16H2,1-2H3/b18-13+/t23-,24+,25-,27-/m1/s1. The van der Waals surface area contributed by atoms with Crippen LogP contribution < -0.4 is 4.90 Å². The second-order valence-electron chi connectivity index (χ2n) is 9.96. The number of benzene rings is 2. The van der Waals surface area contributed by atoms with Crippen LogP contribution in [0.1, 0.15) is 45.1 Å². The van der Waals surface area contributed by atoms with Crippen molar-refractivity contribution in [2.75, 3.05) is 11.5 Å². The van der Waals surface area contributed by atoms with Gasteiger partial charge in [0.25, 0.3) is 5.69 Å². The number of aromatic hydroxyl groups is 1. The van der Waals surface area contributed by atoms with Gasteiger partial charge in [-0.1, -0.05) is 42.3 Å².